The van der Waals surface area contributed by atoms with E-state index < -0.39 is 11.9 Å². The van der Waals surface area contributed by atoms with Crippen LogP contribution in [0.3, 0.4) is 0 Å². The van der Waals surface area contributed by atoms with Crippen LogP contribution in [0.5, 0.6) is 0 Å². The summed E-state index contributed by atoms with van der Waals surface area (Å²) < 4.78 is 0. The van der Waals surface area contributed by atoms with E-state index in [0.717, 1.165) is 19.5 Å². The second kappa shape index (κ2) is 12.0. The van der Waals surface area contributed by atoms with Gasteiger partial charge < -0.3 is 15.5 Å². The molecular formula is C14H27N3O5. The number of likely N-dealkylation sites (tertiary alicyclic amines) is 1. The summed E-state index contributed by atoms with van der Waals surface area (Å²) >= 11 is 0. The third-order valence-corrected chi connectivity index (χ3v) is 3.52. The van der Waals surface area contributed by atoms with Crippen molar-refractivity contribution in [1.29, 1.82) is 0 Å². The molecule has 8 nitrogen and oxygen atoms in total. The molecule has 0 aliphatic carbocycles. The van der Waals surface area contributed by atoms with Crippen molar-refractivity contribution < 1.29 is 19.8 Å². The first-order valence-electron chi connectivity index (χ1n) is 7.54. The molecule has 0 aromatic rings. The molecule has 22 heavy (non-hydrogen) atoms. The number of nitroso groups, excluding NO2 is 1. The Balaban J connectivity index is 0.000000433. The molecule has 0 aromatic heterocycles. The third-order valence-electron chi connectivity index (χ3n) is 3.52. The van der Waals surface area contributed by atoms with Gasteiger partial charge in [0.25, 0.3) is 0 Å². The minimum absolute atomic E-state index is 0.114. The van der Waals surface area contributed by atoms with E-state index in [0.29, 0.717) is 31.8 Å². The normalized spacial score (nSPS) is 18.5. The van der Waals surface area contributed by atoms with E-state index in [1.165, 1.54) is 0 Å². The summed E-state index contributed by atoms with van der Waals surface area (Å²) in [6, 6.07) is -0.381. The first-order valence-corrected chi connectivity index (χ1v) is 7.54. The van der Waals surface area contributed by atoms with Crippen LogP contribution in [0.25, 0.3) is 0 Å². The molecule has 1 aliphatic rings. The van der Waals surface area contributed by atoms with E-state index in [1.54, 1.807) is 4.90 Å². The highest BCUT2D eigenvalue weighted by molar-refractivity contribution is 5.74. The number of carbonyl (C=O) groups is 2. The first kappa shape index (κ1) is 20.5. The maximum Gasteiger partial charge on any atom is 0.320 e. The average molecular weight is 317 g/mol. The van der Waals surface area contributed by atoms with Gasteiger partial charge >= 0.3 is 11.9 Å². The van der Waals surface area contributed by atoms with Crippen LogP contribution in [0.4, 0.5) is 0 Å². The van der Waals surface area contributed by atoms with Crippen LogP contribution in [0.15, 0.2) is 5.18 Å². The number of nitrogens with one attached hydrogen (secondary N) is 1. The van der Waals surface area contributed by atoms with Crippen molar-refractivity contribution in [2.24, 2.45) is 11.1 Å². The van der Waals surface area contributed by atoms with Gasteiger partial charge in [-0.3, -0.25) is 14.5 Å². The Bertz CT molecular complexity index is 351. The summed E-state index contributed by atoms with van der Waals surface area (Å²) in [6.07, 6.45) is 2.35. The molecule has 0 amide bonds. The fourth-order valence-electron chi connectivity index (χ4n) is 2.03. The maximum atomic E-state index is 10.5. The molecule has 1 saturated heterocycles. The Morgan fingerprint density at radius 1 is 1.41 bits per heavy atom. The molecule has 0 radical (unpaired) electrons. The van der Waals surface area contributed by atoms with Crippen molar-refractivity contribution in [2.75, 3.05) is 33.2 Å². The first-order chi connectivity index (χ1) is 10.4. The highest BCUT2D eigenvalue weighted by Gasteiger charge is 2.33. The molecular weight excluding hydrogens is 290 g/mol. The summed E-state index contributed by atoms with van der Waals surface area (Å²) in [6.45, 7) is 4.79. The van der Waals surface area contributed by atoms with Crippen molar-refractivity contribution in [2.45, 2.75) is 38.6 Å². The second-order valence-corrected chi connectivity index (χ2v) is 5.49. The molecule has 1 rings (SSSR count). The molecule has 1 heterocycles. The highest BCUT2D eigenvalue weighted by Crippen LogP contribution is 2.17. The SMILES string of the molecule is CNCCC(C)CN=O.O=C(O)CCCN1CCC1C(=O)O. The molecule has 1 aliphatic heterocycles. The van der Waals surface area contributed by atoms with Gasteiger partial charge in [-0.1, -0.05) is 12.1 Å². The number of carboxylic acids is 2. The van der Waals surface area contributed by atoms with Crippen LogP contribution in [0.2, 0.25) is 0 Å². The number of carboxylic acid groups (broad SMARTS) is 2. The molecule has 2 unspecified atom stereocenters. The molecule has 8 heteroatoms. The fraction of sp³-hybridized carbons (Fsp3) is 0.857. The van der Waals surface area contributed by atoms with Gasteiger partial charge in [0.2, 0.25) is 0 Å². The van der Waals surface area contributed by atoms with Crippen LogP contribution < -0.4 is 5.32 Å². The summed E-state index contributed by atoms with van der Waals surface area (Å²) in [5.74, 6) is -1.20. The van der Waals surface area contributed by atoms with Gasteiger partial charge in [-0.05, 0) is 45.3 Å². The Morgan fingerprint density at radius 2 is 2.09 bits per heavy atom. The zero-order chi connectivity index (χ0) is 17.0. The van der Waals surface area contributed by atoms with Gasteiger partial charge in [0.15, 0.2) is 0 Å². The lowest BCUT2D eigenvalue weighted by atomic mass is 10.0. The van der Waals surface area contributed by atoms with Gasteiger partial charge in [0.1, 0.15) is 6.04 Å². The molecule has 2 atom stereocenters. The van der Waals surface area contributed by atoms with E-state index in [1.807, 2.05) is 14.0 Å². The lowest BCUT2D eigenvalue weighted by molar-refractivity contribution is -0.148. The van der Waals surface area contributed by atoms with Crippen LogP contribution >= 0.6 is 0 Å². The van der Waals surface area contributed by atoms with Gasteiger partial charge in [0.05, 0.1) is 6.54 Å². The fourth-order valence-corrected chi connectivity index (χ4v) is 2.03. The minimum Gasteiger partial charge on any atom is -0.481 e. The molecule has 128 valence electrons. The second-order valence-electron chi connectivity index (χ2n) is 5.49. The molecule has 0 saturated carbocycles. The smallest absolute Gasteiger partial charge is 0.320 e. The molecule has 0 aromatic carbocycles. The lowest BCUT2D eigenvalue weighted by Gasteiger charge is -2.37. The Morgan fingerprint density at radius 3 is 2.50 bits per heavy atom. The topological polar surface area (TPSA) is 119 Å². The van der Waals surface area contributed by atoms with Crippen molar-refractivity contribution in [3.05, 3.63) is 4.91 Å². The number of hydrogen-bond donors (Lipinski definition) is 3. The monoisotopic (exact) mass is 317 g/mol. The predicted octanol–water partition coefficient (Wildman–Crippen LogP) is 1.01. The van der Waals surface area contributed by atoms with Crippen LogP contribution in [-0.4, -0.2) is 66.3 Å². The Kier molecular flexibility index (Phi) is 11.2. The Labute approximate surface area is 130 Å². The summed E-state index contributed by atoms with van der Waals surface area (Å²) in [5.41, 5.74) is 0. The Hall–Kier alpha value is -1.54. The molecule has 3 N–H and O–H groups in total. The van der Waals surface area contributed by atoms with E-state index in [2.05, 4.69) is 10.5 Å². The number of nitrogens with zero attached hydrogens (tertiary/aromatic N) is 2. The van der Waals surface area contributed by atoms with E-state index in [4.69, 9.17) is 10.2 Å². The maximum absolute atomic E-state index is 10.5. The zero-order valence-electron chi connectivity index (χ0n) is 13.3. The van der Waals surface area contributed by atoms with E-state index >= 15 is 0 Å². The molecule has 0 bridgehead atoms. The van der Waals surface area contributed by atoms with Gasteiger partial charge in [-0.15, -0.1) is 0 Å². The van der Waals surface area contributed by atoms with Crippen molar-refractivity contribution in [1.82, 2.24) is 10.2 Å². The van der Waals surface area contributed by atoms with Crippen molar-refractivity contribution >= 4 is 11.9 Å². The third kappa shape index (κ3) is 9.41. The molecule has 1 fully saturated rings. The summed E-state index contributed by atoms with van der Waals surface area (Å²) in [5, 5.41) is 22.8. The van der Waals surface area contributed by atoms with E-state index in [-0.39, 0.29) is 12.5 Å². The summed E-state index contributed by atoms with van der Waals surface area (Å²) in [7, 11) is 1.90. The van der Waals surface area contributed by atoms with Crippen LogP contribution in [0.1, 0.15) is 32.6 Å². The van der Waals surface area contributed by atoms with Crippen LogP contribution in [0, 0.1) is 10.8 Å². The number of rotatable bonds is 10. The number of aliphatic carboxylic acids is 2. The highest BCUT2D eigenvalue weighted by atomic mass is 16.4. The minimum atomic E-state index is -0.826. The lowest BCUT2D eigenvalue weighted by Crippen LogP contribution is -2.52. The van der Waals surface area contributed by atoms with Crippen molar-refractivity contribution in [3.8, 4) is 0 Å². The van der Waals surface area contributed by atoms with Crippen molar-refractivity contribution in [3.63, 3.8) is 0 Å². The predicted molar refractivity (Wildman–Crippen MR) is 82.9 cm³/mol. The largest absolute Gasteiger partial charge is 0.481 e. The van der Waals surface area contributed by atoms with Gasteiger partial charge in [0, 0.05) is 13.0 Å². The zero-order valence-corrected chi connectivity index (χ0v) is 13.3. The quantitative estimate of drug-likeness (QED) is 0.514. The van der Waals surface area contributed by atoms with Crippen LogP contribution in [-0.2, 0) is 9.59 Å². The average Bonchev–Trinajstić information content (AvgIpc) is 2.40. The summed E-state index contributed by atoms with van der Waals surface area (Å²) in [4.78, 5) is 32.2. The van der Waals surface area contributed by atoms with Gasteiger partial charge in [-0.2, -0.15) is 4.91 Å². The van der Waals surface area contributed by atoms with E-state index in [9.17, 15) is 14.5 Å². The number of hydrogen-bond acceptors (Lipinski definition) is 6. The molecule has 0 spiro atoms. The van der Waals surface area contributed by atoms with Gasteiger partial charge in [-0.25, -0.2) is 0 Å². The standard InChI is InChI=1S/C8H13NO4.C6H14N2O/c10-7(11)2-1-4-9-5-3-6(9)8(12)13;1-6(5-8-9)3-4-7-2/h6H,1-5H2,(H,10,11)(H,12,13);6-7H,3-5H2,1-2H3.